The van der Waals surface area contributed by atoms with Crippen molar-refractivity contribution in [1.29, 1.82) is 0 Å². The topological polar surface area (TPSA) is 3.24 Å². The van der Waals surface area contributed by atoms with Crippen molar-refractivity contribution in [3.63, 3.8) is 0 Å². The molecule has 2 aliphatic rings. The average Bonchev–Trinajstić information content (AvgIpc) is 2.63. The molecule has 1 fully saturated rings. The number of halogens is 4. The molecule has 1 aliphatic carbocycles. The quantitative estimate of drug-likeness (QED) is 0.738. The summed E-state index contributed by atoms with van der Waals surface area (Å²) in [7, 11) is 0. The maximum Gasteiger partial charge on any atom is 0.401 e. The summed E-state index contributed by atoms with van der Waals surface area (Å²) in [5, 5.41) is 0.704. The van der Waals surface area contributed by atoms with Gasteiger partial charge in [0.1, 0.15) is 0 Å². The van der Waals surface area contributed by atoms with Gasteiger partial charge in [-0.15, -0.1) is 0 Å². The van der Waals surface area contributed by atoms with E-state index < -0.39 is 12.7 Å². The predicted octanol–water partition coefficient (Wildman–Crippen LogP) is 3.57. The minimum atomic E-state index is -4.09. The van der Waals surface area contributed by atoms with Crippen molar-refractivity contribution in [1.82, 2.24) is 4.90 Å². The van der Waals surface area contributed by atoms with Crippen LogP contribution in [0.25, 0.3) is 0 Å². The molecule has 1 heterocycles. The van der Waals surface area contributed by atoms with E-state index in [4.69, 9.17) is 11.6 Å². The second-order valence-corrected chi connectivity index (χ2v) is 5.19. The Morgan fingerprint density at radius 2 is 2.18 bits per heavy atom. The molecule has 17 heavy (non-hydrogen) atoms. The molecule has 1 nitrogen and oxygen atoms in total. The van der Waals surface area contributed by atoms with Gasteiger partial charge in [-0.3, -0.25) is 4.90 Å². The van der Waals surface area contributed by atoms with Crippen molar-refractivity contribution >= 4 is 11.6 Å². The smallest absolute Gasteiger partial charge is 0.295 e. The highest BCUT2D eigenvalue weighted by atomic mass is 35.5. The molecular formula is C12H15ClF3N. The molecule has 2 atom stereocenters. The first-order valence-corrected chi connectivity index (χ1v) is 6.15. The van der Waals surface area contributed by atoms with Crippen molar-refractivity contribution in [2.24, 2.45) is 11.8 Å². The van der Waals surface area contributed by atoms with E-state index in [-0.39, 0.29) is 0 Å². The number of likely N-dealkylation sites (tertiary alicyclic amines) is 1. The Morgan fingerprint density at radius 3 is 2.82 bits per heavy atom. The molecule has 0 aromatic heterocycles. The van der Waals surface area contributed by atoms with Crippen LogP contribution >= 0.6 is 11.6 Å². The van der Waals surface area contributed by atoms with Crippen LogP contribution in [0.4, 0.5) is 13.2 Å². The summed E-state index contributed by atoms with van der Waals surface area (Å²) in [5.41, 5.74) is 0. The second kappa shape index (κ2) is 5.02. The molecule has 1 saturated heterocycles. The van der Waals surface area contributed by atoms with Gasteiger partial charge in [-0.1, -0.05) is 23.8 Å². The largest absolute Gasteiger partial charge is 0.401 e. The van der Waals surface area contributed by atoms with Crippen LogP contribution in [0.1, 0.15) is 12.8 Å². The molecule has 0 spiro atoms. The van der Waals surface area contributed by atoms with E-state index in [1.54, 1.807) is 0 Å². The van der Waals surface area contributed by atoms with Gasteiger partial charge < -0.3 is 0 Å². The number of nitrogens with zero attached hydrogens (tertiary/aromatic N) is 1. The minimum absolute atomic E-state index is 0.297. The van der Waals surface area contributed by atoms with Gasteiger partial charge in [0.05, 0.1) is 6.54 Å². The molecule has 0 aromatic rings. The van der Waals surface area contributed by atoms with Crippen LogP contribution in [0.3, 0.4) is 0 Å². The van der Waals surface area contributed by atoms with Gasteiger partial charge >= 0.3 is 6.18 Å². The summed E-state index contributed by atoms with van der Waals surface area (Å²) in [5.74, 6) is 0.599. The molecule has 1 aliphatic heterocycles. The molecule has 2 rings (SSSR count). The molecular weight excluding hydrogens is 251 g/mol. The summed E-state index contributed by atoms with van der Waals surface area (Å²) in [6.45, 7) is 0.276. The number of rotatable bonds is 2. The van der Waals surface area contributed by atoms with Gasteiger partial charge in [-0.25, -0.2) is 0 Å². The van der Waals surface area contributed by atoms with Crippen molar-refractivity contribution < 1.29 is 13.2 Å². The molecule has 0 bridgehead atoms. The highest BCUT2D eigenvalue weighted by Gasteiger charge is 2.36. The normalized spacial score (nSPS) is 30.7. The van der Waals surface area contributed by atoms with Crippen LogP contribution in [-0.4, -0.2) is 30.7 Å². The van der Waals surface area contributed by atoms with Gasteiger partial charge in [0.2, 0.25) is 0 Å². The van der Waals surface area contributed by atoms with Crippen LogP contribution in [-0.2, 0) is 0 Å². The standard InChI is InChI=1S/C12H15ClF3N/c13-11-3-1-2-9(6-11)10-4-5-17(7-10)8-12(14,15)16/h1,3,6,9-10H,2,4-5,7-8H2/t9?,10-/m0/s1. The van der Waals surface area contributed by atoms with E-state index in [1.165, 1.54) is 4.90 Å². The van der Waals surface area contributed by atoms with Gasteiger partial charge in [0.25, 0.3) is 0 Å². The molecule has 0 radical (unpaired) electrons. The summed E-state index contributed by atoms with van der Waals surface area (Å²) in [6.07, 6.45) is 3.45. The van der Waals surface area contributed by atoms with Gasteiger partial charge in [-0.2, -0.15) is 13.2 Å². The molecule has 96 valence electrons. The summed E-state index contributed by atoms with van der Waals surface area (Å²) >= 11 is 5.91. The molecule has 0 amide bonds. The molecule has 5 heteroatoms. The first-order valence-electron chi connectivity index (χ1n) is 5.77. The van der Waals surface area contributed by atoms with E-state index in [2.05, 4.69) is 0 Å². The third-order valence-corrected chi connectivity index (χ3v) is 3.63. The van der Waals surface area contributed by atoms with Crippen molar-refractivity contribution in [2.75, 3.05) is 19.6 Å². The Morgan fingerprint density at radius 1 is 1.41 bits per heavy atom. The molecule has 0 N–H and O–H groups in total. The monoisotopic (exact) mass is 265 g/mol. The molecule has 0 saturated carbocycles. The third-order valence-electron chi connectivity index (χ3n) is 3.38. The van der Waals surface area contributed by atoms with Gasteiger partial charge in [0, 0.05) is 11.6 Å². The second-order valence-electron chi connectivity index (χ2n) is 4.75. The predicted molar refractivity (Wildman–Crippen MR) is 61.8 cm³/mol. The summed E-state index contributed by atoms with van der Waals surface area (Å²) in [4.78, 5) is 1.49. The highest BCUT2D eigenvalue weighted by Crippen LogP contribution is 2.33. The van der Waals surface area contributed by atoms with Crippen molar-refractivity contribution in [3.05, 3.63) is 23.3 Å². The Bertz CT molecular complexity index is 335. The fourth-order valence-corrected chi connectivity index (χ4v) is 2.85. The lowest BCUT2D eigenvalue weighted by Crippen LogP contribution is -2.33. The Labute approximate surface area is 104 Å². The minimum Gasteiger partial charge on any atom is -0.295 e. The van der Waals surface area contributed by atoms with E-state index in [0.29, 0.717) is 30.0 Å². The molecule has 0 aromatic carbocycles. The SMILES string of the molecule is FC(F)(F)CN1CC[C@H](C2C=C(Cl)C=CC2)C1. The lowest BCUT2D eigenvalue weighted by molar-refractivity contribution is -0.143. The van der Waals surface area contributed by atoms with Crippen LogP contribution in [0.5, 0.6) is 0 Å². The van der Waals surface area contributed by atoms with Crippen molar-refractivity contribution in [3.8, 4) is 0 Å². The van der Waals surface area contributed by atoms with Crippen LogP contribution < -0.4 is 0 Å². The average molecular weight is 266 g/mol. The van der Waals surface area contributed by atoms with Crippen LogP contribution in [0.15, 0.2) is 23.3 Å². The lowest BCUT2D eigenvalue weighted by Gasteiger charge is -2.22. The van der Waals surface area contributed by atoms with E-state index in [1.807, 2.05) is 18.2 Å². The van der Waals surface area contributed by atoms with Crippen LogP contribution in [0, 0.1) is 11.8 Å². The number of allylic oxidation sites excluding steroid dienone is 4. The Hall–Kier alpha value is -0.480. The third kappa shape index (κ3) is 3.75. The zero-order valence-corrected chi connectivity index (χ0v) is 10.1. The zero-order chi connectivity index (χ0) is 12.5. The van der Waals surface area contributed by atoms with Gasteiger partial charge in [-0.05, 0) is 37.3 Å². The van der Waals surface area contributed by atoms with Crippen LogP contribution in [0.2, 0.25) is 0 Å². The lowest BCUT2D eigenvalue weighted by atomic mass is 9.86. The number of hydrogen-bond acceptors (Lipinski definition) is 1. The van der Waals surface area contributed by atoms with E-state index in [9.17, 15) is 13.2 Å². The van der Waals surface area contributed by atoms with Gasteiger partial charge in [0.15, 0.2) is 0 Å². The van der Waals surface area contributed by atoms with Crippen molar-refractivity contribution in [2.45, 2.75) is 19.0 Å². The molecule has 1 unspecified atom stereocenters. The maximum absolute atomic E-state index is 12.3. The van der Waals surface area contributed by atoms with E-state index >= 15 is 0 Å². The first kappa shape index (κ1) is 13.0. The maximum atomic E-state index is 12.3. The Kier molecular flexibility index (Phi) is 3.83. The summed E-state index contributed by atoms with van der Waals surface area (Å²) < 4.78 is 36.8. The first-order chi connectivity index (χ1) is 7.94. The zero-order valence-electron chi connectivity index (χ0n) is 9.38. The van der Waals surface area contributed by atoms with E-state index in [0.717, 1.165) is 12.8 Å². The highest BCUT2D eigenvalue weighted by molar-refractivity contribution is 6.31. The fraction of sp³-hybridized carbons (Fsp3) is 0.667. The fourth-order valence-electron chi connectivity index (χ4n) is 2.60. The summed E-state index contributed by atoms with van der Waals surface area (Å²) in [6, 6.07) is 0. The Balaban J connectivity index is 1.88. The number of alkyl halides is 3. The number of hydrogen-bond donors (Lipinski definition) is 0.